The molecule has 1 aromatic carbocycles. The van der Waals surface area contributed by atoms with Crippen LogP contribution in [0.2, 0.25) is 0 Å². The van der Waals surface area contributed by atoms with Crippen LogP contribution in [0.3, 0.4) is 0 Å². The fourth-order valence-corrected chi connectivity index (χ4v) is 3.45. The fraction of sp³-hybridized carbons (Fsp3) is 0.294. The Morgan fingerprint density at radius 2 is 2.00 bits per heavy atom. The summed E-state index contributed by atoms with van der Waals surface area (Å²) in [5.74, 6) is -1.27. The van der Waals surface area contributed by atoms with Crippen LogP contribution in [0.25, 0.3) is 0 Å². The second-order valence-corrected chi connectivity index (χ2v) is 7.11. The molecule has 1 unspecified atom stereocenters. The fourth-order valence-electron chi connectivity index (χ4n) is 2.64. The van der Waals surface area contributed by atoms with Crippen LogP contribution in [0.5, 0.6) is 0 Å². The summed E-state index contributed by atoms with van der Waals surface area (Å²) in [5, 5.41) is 11.6. The SMILES string of the molecule is CC(Sc1nc2c(c(=O)[nH]1)CCC2)C(=O)Nc1ccc(C(=O)O)cc1. The highest BCUT2D eigenvalue weighted by Gasteiger charge is 2.20. The second-order valence-electron chi connectivity index (χ2n) is 5.78. The molecule has 0 bridgehead atoms. The van der Waals surface area contributed by atoms with Gasteiger partial charge in [-0.2, -0.15) is 0 Å². The molecule has 0 saturated carbocycles. The van der Waals surface area contributed by atoms with Gasteiger partial charge < -0.3 is 15.4 Å². The number of aromatic nitrogens is 2. The van der Waals surface area contributed by atoms with Gasteiger partial charge in [-0.15, -0.1) is 0 Å². The lowest BCUT2D eigenvalue weighted by Gasteiger charge is -2.12. The molecule has 1 heterocycles. The average molecular weight is 359 g/mol. The van der Waals surface area contributed by atoms with Crippen LogP contribution in [0, 0.1) is 0 Å². The minimum Gasteiger partial charge on any atom is -0.478 e. The number of carboxylic acids is 1. The third-order valence-electron chi connectivity index (χ3n) is 3.98. The van der Waals surface area contributed by atoms with Crippen molar-refractivity contribution in [2.75, 3.05) is 5.32 Å². The topological polar surface area (TPSA) is 112 Å². The first-order valence-corrected chi connectivity index (χ1v) is 8.75. The molecule has 7 nitrogen and oxygen atoms in total. The largest absolute Gasteiger partial charge is 0.478 e. The van der Waals surface area contributed by atoms with E-state index < -0.39 is 11.2 Å². The Bertz CT molecular complexity index is 876. The number of anilines is 1. The van der Waals surface area contributed by atoms with Gasteiger partial charge in [-0.3, -0.25) is 9.59 Å². The minimum atomic E-state index is -1.02. The number of nitrogens with zero attached hydrogens (tertiary/aromatic N) is 1. The van der Waals surface area contributed by atoms with Gasteiger partial charge in [-0.1, -0.05) is 11.8 Å². The van der Waals surface area contributed by atoms with Crippen molar-refractivity contribution < 1.29 is 14.7 Å². The van der Waals surface area contributed by atoms with Gasteiger partial charge in [0.05, 0.1) is 16.5 Å². The summed E-state index contributed by atoms with van der Waals surface area (Å²) in [7, 11) is 0. The van der Waals surface area contributed by atoms with Crippen molar-refractivity contribution in [2.24, 2.45) is 0 Å². The number of aryl methyl sites for hydroxylation is 1. The van der Waals surface area contributed by atoms with E-state index in [0.29, 0.717) is 10.8 Å². The summed E-state index contributed by atoms with van der Waals surface area (Å²) in [6.07, 6.45) is 2.48. The van der Waals surface area contributed by atoms with Gasteiger partial charge in [0.25, 0.3) is 5.56 Å². The number of aromatic carboxylic acids is 1. The Balaban J connectivity index is 1.66. The highest BCUT2D eigenvalue weighted by molar-refractivity contribution is 8.00. The van der Waals surface area contributed by atoms with Crippen LogP contribution >= 0.6 is 11.8 Å². The number of carbonyl (C=O) groups excluding carboxylic acids is 1. The van der Waals surface area contributed by atoms with Crippen molar-refractivity contribution in [3.8, 4) is 0 Å². The molecule has 130 valence electrons. The quantitative estimate of drug-likeness (QED) is 0.556. The Kier molecular flexibility index (Phi) is 4.89. The van der Waals surface area contributed by atoms with Crippen LogP contribution < -0.4 is 10.9 Å². The van der Waals surface area contributed by atoms with E-state index in [9.17, 15) is 14.4 Å². The zero-order valence-corrected chi connectivity index (χ0v) is 14.4. The Hall–Kier alpha value is -2.61. The summed E-state index contributed by atoms with van der Waals surface area (Å²) in [6.45, 7) is 1.72. The molecule has 1 aromatic heterocycles. The Morgan fingerprint density at radius 1 is 1.28 bits per heavy atom. The van der Waals surface area contributed by atoms with E-state index in [-0.39, 0.29) is 17.0 Å². The average Bonchev–Trinajstić information content (AvgIpc) is 3.04. The summed E-state index contributed by atoms with van der Waals surface area (Å²) in [5.41, 5.74) is 2.11. The molecule has 3 rings (SSSR count). The minimum absolute atomic E-state index is 0.123. The van der Waals surface area contributed by atoms with Crippen LogP contribution in [0.15, 0.2) is 34.2 Å². The number of nitrogens with one attached hydrogen (secondary N) is 2. The van der Waals surface area contributed by atoms with Gasteiger partial charge in [0, 0.05) is 11.3 Å². The van der Waals surface area contributed by atoms with E-state index in [4.69, 9.17) is 5.11 Å². The van der Waals surface area contributed by atoms with Crippen LogP contribution in [-0.2, 0) is 17.6 Å². The number of rotatable bonds is 5. The van der Waals surface area contributed by atoms with Gasteiger partial charge in [-0.25, -0.2) is 9.78 Å². The maximum Gasteiger partial charge on any atom is 0.335 e. The summed E-state index contributed by atoms with van der Waals surface area (Å²) in [4.78, 5) is 42.3. The second kappa shape index (κ2) is 7.10. The van der Waals surface area contributed by atoms with Crippen LogP contribution in [0.4, 0.5) is 5.69 Å². The molecule has 8 heteroatoms. The van der Waals surface area contributed by atoms with E-state index in [0.717, 1.165) is 30.5 Å². The molecule has 1 amide bonds. The monoisotopic (exact) mass is 359 g/mol. The third kappa shape index (κ3) is 3.90. The maximum absolute atomic E-state index is 12.3. The Morgan fingerprint density at radius 3 is 2.68 bits per heavy atom. The Labute approximate surface area is 147 Å². The maximum atomic E-state index is 12.3. The van der Waals surface area contributed by atoms with E-state index >= 15 is 0 Å². The molecule has 0 radical (unpaired) electrons. The number of hydrogen-bond donors (Lipinski definition) is 3. The molecule has 1 atom stereocenters. The normalized spacial score (nSPS) is 14.0. The van der Waals surface area contributed by atoms with Gasteiger partial charge >= 0.3 is 5.97 Å². The molecule has 2 aromatic rings. The number of carboxylic acid groups (broad SMARTS) is 1. The highest BCUT2D eigenvalue weighted by Crippen LogP contribution is 2.23. The van der Waals surface area contributed by atoms with Gasteiger partial charge in [0.1, 0.15) is 0 Å². The van der Waals surface area contributed by atoms with Crippen LogP contribution in [-0.4, -0.2) is 32.2 Å². The summed E-state index contributed by atoms with van der Waals surface area (Å²) >= 11 is 1.19. The molecule has 1 aliphatic carbocycles. The zero-order valence-electron chi connectivity index (χ0n) is 13.5. The number of hydrogen-bond acceptors (Lipinski definition) is 5. The highest BCUT2D eigenvalue weighted by atomic mass is 32.2. The predicted octanol–water partition coefficient (Wildman–Crippen LogP) is 2.08. The van der Waals surface area contributed by atoms with Gasteiger partial charge in [0.2, 0.25) is 5.91 Å². The molecular formula is C17H17N3O4S. The number of benzene rings is 1. The van der Waals surface area contributed by atoms with E-state index in [1.54, 1.807) is 6.92 Å². The smallest absolute Gasteiger partial charge is 0.335 e. The lowest BCUT2D eigenvalue weighted by Crippen LogP contribution is -2.23. The summed E-state index contributed by atoms with van der Waals surface area (Å²) < 4.78 is 0. The zero-order chi connectivity index (χ0) is 18.0. The molecule has 25 heavy (non-hydrogen) atoms. The number of H-pyrrole nitrogens is 1. The van der Waals surface area contributed by atoms with Crippen molar-refractivity contribution in [1.82, 2.24) is 9.97 Å². The molecule has 0 spiro atoms. The van der Waals surface area contributed by atoms with Gasteiger partial charge in [0.15, 0.2) is 5.16 Å². The third-order valence-corrected chi connectivity index (χ3v) is 4.96. The number of fused-ring (bicyclic) bond motifs is 1. The van der Waals surface area contributed by atoms with Crippen molar-refractivity contribution in [3.63, 3.8) is 0 Å². The van der Waals surface area contributed by atoms with Crippen molar-refractivity contribution >= 4 is 29.3 Å². The van der Waals surface area contributed by atoms with Gasteiger partial charge in [-0.05, 0) is 50.5 Å². The lowest BCUT2D eigenvalue weighted by atomic mass is 10.2. The van der Waals surface area contributed by atoms with E-state index in [1.807, 2.05) is 0 Å². The first-order chi connectivity index (χ1) is 11.9. The standard InChI is InChI=1S/C17H17N3O4S/c1-9(14(21)18-11-7-5-10(6-8-11)16(23)24)25-17-19-13-4-2-3-12(13)15(22)20-17/h5-9H,2-4H2,1H3,(H,18,21)(H,23,24)(H,19,20,22). The number of aromatic amines is 1. The molecule has 0 aliphatic heterocycles. The predicted molar refractivity (Wildman–Crippen MR) is 94.2 cm³/mol. The molecule has 0 fully saturated rings. The first kappa shape index (κ1) is 17.2. The first-order valence-electron chi connectivity index (χ1n) is 7.87. The molecule has 0 saturated heterocycles. The van der Waals surface area contributed by atoms with E-state index in [2.05, 4.69) is 15.3 Å². The molecular weight excluding hydrogens is 342 g/mol. The summed E-state index contributed by atoms with van der Waals surface area (Å²) in [6, 6.07) is 5.92. The van der Waals surface area contributed by atoms with Crippen molar-refractivity contribution in [2.45, 2.75) is 36.6 Å². The van der Waals surface area contributed by atoms with Crippen molar-refractivity contribution in [3.05, 3.63) is 51.4 Å². The van der Waals surface area contributed by atoms with Crippen LogP contribution in [0.1, 0.15) is 35.0 Å². The lowest BCUT2D eigenvalue weighted by molar-refractivity contribution is -0.115. The number of thioether (sulfide) groups is 1. The number of amides is 1. The molecule has 3 N–H and O–H groups in total. The van der Waals surface area contributed by atoms with E-state index in [1.165, 1.54) is 36.0 Å². The number of carbonyl (C=O) groups is 2. The molecule has 1 aliphatic rings. The van der Waals surface area contributed by atoms with Crippen molar-refractivity contribution in [1.29, 1.82) is 0 Å².